The molecule has 0 bridgehead atoms. The van der Waals surface area contributed by atoms with Gasteiger partial charge in [0, 0.05) is 24.9 Å². The monoisotopic (exact) mass is 328 g/mol. The molecule has 118 valence electrons. The zero-order chi connectivity index (χ0) is 15.5. The molecule has 0 radical (unpaired) electrons. The first-order valence-corrected chi connectivity index (χ1v) is 10.1. The van der Waals surface area contributed by atoms with E-state index in [0.29, 0.717) is 17.5 Å². The van der Waals surface area contributed by atoms with Crippen LogP contribution in [0.25, 0.3) is 0 Å². The van der Waals surface area contributed by atoms with Gasteiger partial charge in [-0.15, -0.1) is 0 Å². The van der Waals surface area contributed by atoms with Gasteiger partial charge >= 0.3 is 0 Å². The maximum absolute atomic E-state index is 12.4. The topological polar surface area (TPSA) is 58.2 Å². The highest BCUT2D eigenvalue weighted by Crippen LogP contribution is 2.23. The fraction of sp³-hybridized carbons (Fsp3) is 0.600. The molecule has 1 aromatic rings. The summed E-state index contributed by atoms with van der Waals surface area (Å²) >= 11 is 1.63. The highest BCUT2D eigenvalue weighted by atomic mass is 32.2. The van der Waals surface area contributed by atoms with E-state index in [4.69, 9.17) is 0 Å². The van der Waals surface area contributed by atoms with Gasteiger partial charge in [-0.25, -0.2) is 13.1 Å². The van der Waals surface area contributed by atoms with Crippen LogP contribution < -0.4 is 10.0 Å². The molecule has 0 spiro atoms. The van der Waals surface area contributed by atoms with Crippen LogP contribution in [-0.2, 0) is 16.6 Å². The van der Waals surface area contributed by atoms with E-state index in [9.17, 15) is 8.42 Å². The second kappa shape index (κ2) is 7.13. The van der Waals surface area contributed by atoms with Crippen LogP contribution in [-0.4, -0.2) is 33.0 Å². The normalized spacial score (nSPS) is 15.4. The van der Waals surface area contributed by atoms with Gasteiger partial charge in [0.2, 0.25) is 10.0 Å². The summed E-state index contributed by atoms with van der Waals surface area (Å²) in [6.07, 6.45) is 4.42. The van der Waals surface area contributed by atoms with Gasteiger partial charge in [0.25, 0.3) is 0 Å². The Morgan fingerprint density at radius 1 is 1.24 bits per heavy atom. The quantitative estimate of drug-likeness (QED) is 0.718. The van der Waals surface area contributed by atoms with Crippen LogP contribution in [0.4, 0.5) is 0 Å². The van der Waals surface area contributed by atoms with Gasteiger partial charge in [0.15, 0.2) is 0 Å². The molecule has 0 saturated heterocycles. The van der Waals surface area contributed by atoms with Crippen molar-refractivity contribution in [1.82, 2.24) is 10.0 Å². The second-order valence-electron chi connectivity index (χ2n) is 5.59. The Morgan fingerprint density at radius 3 is 2.57 bits per heavy atom. The van der Waals surface area contributed by atoms with Crippen LogP contribution in [0.1, 0.15) is 29.5 Å². The first-order valence-electron chi connectivity index (χ1n) is 7.26. The lowest BCUT2D eigenvalue weighted by atomic mass is 10.1. The third-order valence-electron chi connectivity index (χ3n) is 3.68. The molecular formula is C15H24N2O2S2. The summed E-state index contributed by atoms with van der Waals surface area (Å²) in [5.74, 6) is 0.778. The highest BCUT2D eigenvalue weighted by molar-refractivity contribution is 7.98. The van der Waals surface area contributed by atoms with Crippen molar-refractivity contribution in [1.29, 1.82) is 0 Å². The maximum atomic E-state index is 12.4. The van der Waals surface area contributed by atoms with E-state index in [0.717, 1.165) is 29.0 Å². The summed E-state index contributed by atoms with van der Waals surface area (Å²) in [6.45, 7) is 5.10. The fourth-order valence-corrected chi connectivity index (χ4v) is 3.99. The standard InChI is InChI=1S/C15H24N2O2S2/c1-11-8-12(2)15(21(18,19)17-6-7-20-3)9-13(11)10-16-14-4-5-14/h8-9,14,16-17H,4-7,10H2,1-3H3. The number of aryl methyl sites for hydroxylation is 2. The Hall–Kier alpha value is -0.560. The van der Waals surface area contributed by atoms with Crippen molar-refractivity contribution in [3.63, 3.8) is 0 Å². The predicted octanol–water partition coefficient (Wildman–Crippen LogP) is 2.20. The molecule has 0 unspecified atom stereocenters. The number of sulfonamides is 1. The van der Waals surface area contributed by atoms with Crippen molar-refractivity contribution in [3.05, 3.63) is 28.8 Å². The van der Waals surface area contributed by atoms with E-state index in [1.807, 2.05) is 32.2 Å². The maximum Gasteiger partial charge on any atom is 0.240 e. The van der Waals surface area contributed by atoms with Gasteiger partial charge in [-0.1, -0.05) is 6.07 Å². The third-order valence-corrected chi connectivity index (χ3v) is 5.90. The van der Waals surface area contributed by atoms with Gasteiger partial charge in [0.05, 0.1) is 4.90 Å². The lowest BCUT2D eigenvalue weighted by molar-refractivity contribution is 0.583. The average molecular weight is 329 g/mol. The van der Waals surface area contributed by atoms with Gasteiger partial charge in [-0.05, 0) is 55.7 Å². The highest BCUT2D eigenvalue weighted by Gasteiger charge is 2.22. The number of thioether (sulfide) groups is 1. The molecule has 1 fully saturated rings. The lowest BCUT2D eigenvalue weighted by Gasteiger charge is -2.14. The minimum absolute atomic E-state index is 0.404. The van der Waals surface area contributed by atoms with Crippen LogP contribution in [0.2, 0.25) is 0 Å². The summed E-state index contributed by atoms with van der Waals surface area (Å²) in [7, 11) is -3.42. The lowest BCUT2D eigenvalue weighted by Crippen LogP contribution is -2.27. The summed E-state index contributed by atoms with van der Waals surface area (Å²) in [5, 5.41) is 3.45. The van der Waals surface area contributed by atoms with Crippen molar-refractivity contribution in [3.8, 4) is 0 Å². The molecule has 2 rings (SSSR count). The minimum atomic E-state index is -3.42. The molecule has 6 heteroatoms. The molecule has 2 N–H and O–H groups in total. The molecule has 1 saturated carbocycles. The molecule has 0 aromatic heterocycles. The second-order valence-corrected chi connectivity index (χ2v) is 8.31. The predicted molar refractivity (Wildman–Crippen MR) is 89.3 cm³/mol. The van der Waals surface area contributed by atoms with Crippen LogP contribution in [0.15, 0.2) is 17.0 Å². The number of hydrogen-bond donors (Lipinski definition) is 2. The summed E-state index contributed by atoms with van der Waals surface area (Å²) in [5.41, 5.74) is 3.01. The van der Waals surface area contributed by atoms with Crippen LogP contribution in [0.5, 0.6) is 0 Å². The van der Waals surface area contributed by atoms with E-state index in [-0.39, 0.29) is 0 Å². The molecule has 0 atom stereocenters. The zero-order valence-electron chi connectivity index (χ0n) is 12.9. The van der Waals surface area contributed by atoms with E-state index >= 15 is 0 Å². The van der Waals surface area contributed by atoms with Crippen LogP contribution in [0.3, 0.4) is 0 Å². The largest absolute Gasteiger partial charge is 0.310 e. The third kappa shape index (κ3) is 4.71. The zero-order valence-corrected chi connectivity index (χ0v) is 14.5. The fourth-order valence-electron chi connectivity index (χ4n) is 2.25. The Balaban J connectivity index is 2.18. The molecular weight excluding hydrogens is 304 g/mol. The number of rotatable bonds is 8. The number of benzene rings is 1. The first-order chi connectivity index (χ1) is 9.94. The van der Waals surface area contributed by atoms with Gasteiger partial charge < -0.3 is 5.32 Å². The van der Waals surface area contributed by atoms with Crippen molar-refractivity contribution < 1.29 is 8.42 Å². The summed E-state index contributed by atoms with van der Waals surface area (Å²) < 4.78 is 27.5. The molecule has 1 aromatic carbocycles. The molecule has 1 aliphatic carbocycles. The number of hydrogen-bond acceptors (Lipinski definition) is 4. The minimum Gasteiger partial charge on any atom is -0.310 e. The average Bonchev–Trinajstić information content (AvgIpc) is 3.21. The van der Waals surface area contributed by atoms with Crippen molar-refractivity contribution in [2.45, 2.75) is 44.2 Å². The first kappa shape index (κ1) is 16.8. The molecule has 1 aliphatic rings. The Kier molecular flexibility index (Phi) is 5.71. The SMILES string of the molecule is CSCCNS(=O)(=O)c1cc(CNC2CC2)c(C)cc1C. The van der Waals surface area contributed by atoms with Gasteiger partial charge in [-0.3, -0.25) is 0 Å². The summed E-state index contributed by atoms with van der Waals surface area (Å²) in [6, 6.07) is 4.40. The van der Waals surface area contributed by atoms with E-state index in [1.54, 1.807) is 11.8 Å². The Bertz CT molecular complexity index is 596. The molecule has 4 nitrogen and oxygen atoms in total. The molecule has 0 amide bonds. The Morgan fingerprint density at radius 2 is 1.95 bits per heavy atom. The number of nitrogens with one attached hydrogen (secondary N) is 2. The van der Waals surface area contributed by atoms with E-state index < -0.39 is 10.0 Å². The van der Waals surface area contributed by atoms with Crippen LogP contribution in [0, 0.1) is 13.8 Å². The molecule has 21 heavy (non-hydrogen) atoms. The van der Waals surface area contributed by atoms with Crippen molar-refractivity contribution in [2.24, 2.45) is 0 Å². The molecule has 0 aliphatic heterocycles. The van der Waals surface area contributed by atoms with Crippen LogP contribution >= 0.6 is 11.8 Å². The summed E-state index contributed by atoms with van der Waals surface area (Å²) in [4.78, 5) is 0.404. The van der Waals surface area contributed by atoms with Gasteiger partial charge in [-0.2, -0.15) is 11.8 Å². The Labute approximate surface area is 132 Å². The smallest absolute Gasteiger partial charge is 0.240 e. The van der Waals surface area contributed by atoms with Gasteiger partial charge in [0.1, 0.15) is 0 Å². The van der Waals surface area contributed by atoms with E-state index in [1.165, 1.54) is 12.8 Å². The molecule has 0 heterocycles. The van der Waals surface area contributed by atoms with Crippen molar-refractivity contribution in [2.75, 3.05) is 18.6 Å². The van der Waals surface area contributed by atoms with Crippen molar-refractivity contribution >= 4 is 21.8 Å². The van der Waals surface area contributed by atoms with E-state index in [2.05, 4.69) is 10.0 Å².